The van der Waals surface area contributed by atoms with Crippen molar-refractivity contribution in [2.45, 2.75) is 35.9 Å². The number of alkyl halides is 2. The molecule has 2 bridgehead atoms. The van der Waals surface area contributed by atoms with Gasteiger partial charge in [0.2, 0.25) is 0 Å². The molecule has 8 heteroatoms. The molecule has 0 radical (unpaired) electrons. The maximum absolute atomic E-state index is 12.5. The van der Waals surface area contributed by atoms with Crippen molar-refractivity contribution in [1.82, 2.24) is 5.06 Å². The molecule has 4 nitrogen and oxygen atoms in total. The molecule has 3 rings (SSSR count). The minimum Gasteiger partial charge on any atom is -0.272 e. The molecular weight excluding hydrogens is 360 g/mol. The lowest BCUT2D eigenvalue weighted by Gasteiger charge is -2.28. The average molecular weight is 373 g/mol. The second-order valence-electron chi connectivity index (χ2n) is 5.64. The Balaban J connectivity index is 1.94. The van der Waals surface area contributed by atoms with E-state index in [0.717, 1.165) is 17.9 Å². The Morgan fingerprint density at radius 1 is 1.14 bits per heavy atom. The highest BCUT2D eigenvalue weighted by atomic mass is 35.5. The Labute approximate surface area is 142 Å². The third-order valence-electron chi connectivity index (χ3n) is 4.41. The predicted octanol–water partition coefficient (Wildman–Crippen LogP) is 3.38. The van der Waals surface area contributed by atoms with Crippen LogP contribution in [-0.2, 0) is 14.4 Å². The van der Waals surface area contributed by atoms with E-state index in [0.29, 0.717) is 0 Å². The smallest absolute Gasteiger partial charge is 0.259 e. The van der Waals surface area contributed by atoms with E-state index >= 15 is 0 Å². The van der Waals surface area contributed by atoms with Crippen LogP contribution in [0.4, 0.5) is 0 Å². The van der Waals surface area contributed by atoms with E-state index in [1.165, 1.54) is 0 Å². The highest BCUT2D eigenvalue weighted by Gasteiger charge is 2.76. The van der Waals surface area contributed by atoms with E-state index < -0.39 is 33.4 Å². The third-order valence-corrected chi connectivity index (χ3v) is 6.87. The largest absolute Gasteiger partial charge is 0.272 e. The maximum atomic E-state index is 12.5. The summed E-state index contributed by atoms with van der Waals surface area (Å²) in [5.41, 5.74) is 0. The van der Waals surface area contributed by atoms with Crippen LogP contribution in [0.3, 0.4) is 0 Å². The molecule has 116 valence electrons. The van der Waals surface area contributed by atoms with Crippen LogP contribution in [0.5, 0.6) is 0 Å². The van der Waals surface area contributed by atoms with Gasteiger partial charge in [0, 0.05) is 0 Å². The van der Waals surface area contributed by atoms with E-state index in [2.05, 4.69) is 0 Å². The number of carbonyl (C=O) groups is 2. The van der Waals surface area contributed by atoms with Gasteiger partial charge in [-0.25, -0.2) is 0 Å². The van der Waals surface area contributed by atoms with Gasteiger partial charge in [0.05, 0.1) is 38.3 Å². The number of fused-ring (bicyclic) bond motifs is 5. The number of allylic oxidation sites excluding steroid dienone is 2. The number of rotatable bonds is 4. The molecular formula is C13H13Cl4NO3. The Hall–Kier alpha value is -0.000000000000000167. The molecule has 3 aliphatic rings. The monoisotopic (exact) mass is 371 g/mol. The van der Waals surface area contributed by atoms with Crippen LogP contribution < -0.4 is 0 Å². The first-order chi connectivity index (χ1) is 9.79. The SMILES string of the molecule is CCCCON1C(=O)C2C(C1=O)C1(Cl)CC2(Cl)C(Cl)=C1Cl. The van der Waals surface area contributed by atoms with Crippen molar-refractivity contribution in [2.24, 2.45) is 11.8 Å². The minimum absolute atomic E-state index is 0.165. The van der Waals surface area contributed by atoms with Crippen LogP contribution in [-0.4, -0.2) is 33.2 Å². The lowest BCUT2D eigenvalue weighted by Crippen LogP contribution is -2.38. The summed E-state index contributed by atoms with van der Waals surface area (Å²) in [5.74, 6) is -2.61. The summed E-state index contributed by atoms with van der Waals surface area (Å²) in [6.45, 7) is 2.27. The quantitative estimate of drug-likeness (QED) is 0.431. The molecule has 2 fully saturated rings. The van der Waals surface area contributed by atoms with Crippen LogP contribution in [0.1, 0.15) is 26.2 Å². The zero-order valence-corrected chi connectivity index (χ0v) is 14.2. The van der Waals surface area contributed by atoms with Crippen molar-refractivity contribution < 1.29 is 14.4 Å². The van der Waals surface area contributed by atoms with Crippen molar-refractivity contribution >= 4 is 58.2 Å². The number of nitrogens with zero attached hydrogens (tertiary/aromatic N) is 1. The van der Waals surface area contributed by atoms with Crippen LogP contribution in [0, 0.1) is 11.8 Å². The fourth-order valence-corrected chi connectivity index (χ4v) is 5.30. The van der Waals surface area contributed by atoms with Gasteiger partial charge in [-0.2, -0.15) is 5.06 Å². The van der Waals surface area contributed by atoms with Gasteiger partial charge in [0.1, 0.15) is 0 Å². The van der Waals surface area contributed by atoms with Gasteiger partial charge >= 0.3 is 0 Å². The van der Waals surface area contributed by atoms with Crippen LogP contribution >= 0.6 is 46.4 Å². The first kappa shape index (κ1) is 15.9. The average Bonchev–Trinajstić information content (AvgIpc) is 2.90. The van der Waals surface area contributed by atoms with Crippen LogP contribution in [0.25, 0.3) is 0 Å². The molecule has 0 aromatic heterocycles. The first-order valence-electron chi connectivity index (χ1n) is 6.73. The molecule has 0 aromatic rings. The molecule has 4 unspecified atom stereocenters. The van der Waals surface area contributed by atoms with Gasteiger partial charge in [-0.3, -0.25) is 14.4 Å². The lowest BCUT2D eigenvalue weighted by atomic mass is 9.84. The van der Waals surface area contributed by atoms with Gasteiger partial charge in [-0.1, -0.05) is 36.5 Å². The Bertz CT molecular complexity index is 524. The highest BCUT2D eigenvalue weighted by molar-refractivity contribution is 6.52. The molecule has 1 aliphatic heterocycles. The summed E-state index contributed by atoms with van der Waals surface area (Å²) in [6, 6.07) is 0. The summed E-state index contributed by atoms with van der Waals surface area (Å²) in [7, 11) is 0. The summed E-state index contributed by atoms with van der Waals surface area (Å²) >= 11 is 25.3. The summed E-state index contributed by atoms with van der Waals surface area (Å²) < 4.78 is 0. The van der Waals surface area contributed by atoms with Crippen molar-refractivity contribution in [3.63, 3.8) is 0 Å². The molecule has 1 saturated carbocycles. The number of hydroxylamine groups is 2. The van der Waals surface area contributed by atoms with Gasteiger partial charge < -0.3 is 0 Å². The van der Waals surface area contributed by atoms with Gasteiger partial charge in [-0.05, 0) is 12.8 Å². The number of amides is 2. The molecule has 2 aliphatic carbocycles. The fourth-order valence-electron chi connectivity index (χ4n) is 3.38. The molecule has 1 heterocycles. The highest BCUT2D eigenvalue weighted by Crippen LogP contribution is 2.69. The van der Waals surface area contributed by atoms with Crippen molar-refractivity contribution in [2.75, 3.05) is 6.61 Å². The van der Waals surface area contributed by atoms with E-state index in [1.54, 1.807) is 0 Å². The first-order valence-corrected chi connectivity index (χ1v) is 8.25. The topological polar surface area (TPSA) is 46.6 Å². The minimum atomic E-state index is -1.21. The van der Waals surface area contributed by atoms with Gasteiger partial charge in [0.25, 0.3) is 11.8 Å². The van der Waals surface area contributed by atoms with Crippen LogP contribution in [0.15, 0.2) is 10.1 Å². The second-order valence-corrected chi connectivity index (χ2v) is 7.75. The van der Waals surface area contributed by atoms with E-state index in [4.69, 9.17) is 51.2 Å². The number of carbonyl (C=O) groups excluding carboxylic acids is 2. The normalized spacial score (nSPS) is 41.5. The summed E-state index contributed by atoms with van der Waals surface area (Å²) in [6.07, 6.45) is 1.81. The number of hydrogen-bond acceptors (Lipinski definition) is 3. The molecule has 2 amide bonds. The number of hydrogen-bond donors (Lipinski definition) is 0. The van der Waals surface area contributed by atoms with Crippen molar-refractivity contribution in [3.05, 3.63) is 10.1 Å². The Kier molecular flexibility index (Phi) is 3.78. The zero-order valence-electron chi connectivity index (χ0n) is 11.2. The van der Waals surface area contributed by atoms with E-state index in [9.17, 15) is 9.59 Å². The predicted molar refractivity (Wildman–Crippen MR) is 80.2 cm³/mol. The zero-order chi connectivity index (χ0) is 15.6. The molecule has 21 heavy (non-hydrogen) atoms. The lowest BCUT2D eigenvalue weighted by molar-refractivity contribution is -0.190. The number of unbranched alkanes of at least 4 members (excludes halogenated alkanes) is 1. The van der Waals surface area contributed by atoms with E-state index in [1.807, 2.05) is 6.92 Å². The molecule has 0 spiro atoms. The maximum Gasteiger partial charge on any atom is 0.259 e. The number of halogens is 4. The number of imide groups is 1. The summed E-state index contributed by atoms with van der Waals surface area (Å²) in [4.78, 5) is 27.9. The second kappa shape index (κ2) is 5.00. The molecule has 0 N–H and O–H groups in total. The van der Waals surface area contributed by atoms with Gasteiger partial charge in [0.15, 0.2) is 0 Å². The Morgan fingerprint density at radius 3 is 2.05 bits per heavy atom. The fraction of sp³-hybridized carbons (Fsp3) is 0.692. The third kappa shape index (κ3) is 1.86. The molecule has 4 atom stereocenters. The molecule has 1 saturated heterocycles. The Morgan fingerprint density at radius 2 is 1.62 bits per heavy atom. The summed E-state index contributed by atoms with van der Waals surface area (Å²) in [5, 5.41) is 1.12. The van der Waals surface area contributed by atoms with E-state index in [-0.39, 0.29) is 23.1 Å². The van der Waals surface area contributed by atoms with Crippen LogP contribution in [0.2, 0.25) is 0 Å². The molecule has 0 aromatic carbocycles. The standard InChI is InChI=1S/C13H13Cl4NO3/c1-2-3-4-21-18-10(19)6-7(11(18)20)13(17)5-12(6,16)8(14)9(13)15/h6-7H,2-5H2,1H3. The van der Waals surface area contributed by atoms with Crippen molar-refractivity contribution in [3.8, 4) is 0 Å². The van der Waals surface area contributed by atoms with Crippen molar-refractivity contribution in [1.29, 1.82) is 0 Å². The van der Waals surface area contributed by atoms with Gasteiger partial charge in [-0.15, -0.1) is 23.2 Å².